The molecule has 1 aromatic rings. The number of nitriles is 1. The molecule has 1 atom stereocenters. The monoisotopic (exact) mass is 207 g/mol. The van der Waals surface area contributed by atoms with Crippen LogP contribution in [0.3, 0.4) is 0 Å². The van der Waals surface area contributed by atoms with Gasteiger partial charge in [-0.15, -0.1) is 11.8 Å². The molecule has 0 radical (unpaired) electrons. The third kappa shape index (κ3) is 2.55. The van der Waals surface area contributed by atoms with Crippen LogP contribution in [0.5, 0.6) is 0 Å². The van der Waals surface area contributed by atoms with Crippen molar-refractivity contribution in [2.45, 2.75) is 5.92 Å². The molecule has 0 amide bonds. The van der Waals surface area contributed by atoms with Crippen LogP contribution in [0.2, 0.25) is 0 Å². The van der Waals surface area contributed by atoms with Crippen LogP contribution >= 0.6 is 24.0 Å². The number of thioether (sulfide) groups is 1. The highest BCUT2D eigenvalue weighted by atomic mass is 32.2. The maximum atomic E-state index is 8.93. The minimum Gasteiger partial charge on any atom is -0.197 e. The Kier molecular flexibility index (Phi) is 3.94. The molecule has 0 saturated carbocycles. The van der Waals surface area contributed by atoms with Crippen LogP contribution in [0.15, 0.2) is 30.3 Å². The van der Waals surface area contributed by atoms with Crippen LogP contribution in [0.1, 0.15) is 11.5 Å². The summed E-state index contributed by atoms with van der Waals surface area (Å²) in [7, 11) is 0. The van der Waals surface area contributed by atoms with E-state index in [9.17, 15) is 0 Å². The van der Waals surface area contributed by atoms with Crippen LogP contribution in [-0.4, -0.2) is 10.5 Å². The fourth-order valence-electron chi connectivity index (χ4n) is 1.03. The van der Waals surface area contributed by atoms with Crippen LogP contribution in [0.25, 0.3) is 0 Å². The van der Waals surface area contributed by atoms with Gasteiger partial charge in [0.05, 0.1) is 10.3 Å². The first-order valence-electron chi connectivity index (χ1n) is 3.82. The van der Waals surface area contributed by atoms with E-state index in [4.69, 9.17) is 17.5 Å². The van der Waals surface area contributed by atoms with E-state index in [1.54, 1.807) is 0 Å². The first-order valence-corrected chi connectivity index (χ1v) is 5.45. The largest absolute Gasteiger partial charge is 0.197 e. The van der Waals surface area contributed by atoms with Crippen molar-refractivity contribution in [1.82, 2.24) is 0 Å². The standard InChI is InChI=1S/C10H9NS2/c1-13-10(12)9(7-11)8-5-3-2-4-6-8/h2-6,9H,1H3. The SMILES string of the molecule is CSC(=S)C(C#N)c1ccccc1. The Balaban J connectivity index is 2.93. The lowest BCUT2D eigenvalue weighted by Gasteiger charge is -2.07. The number of nitrogens with zero attached hydrogens (tertiary/aromatic N) is 1. The molecule has 13 heavy (non-hydrogen) atoms. The van der Waals surface area contributed by atoms with Crippen molar-refractivity contribution in [3.63, 3.8) is 0 Å². The topological polar surface area (TPSA) is 23.8 Å². The van der Waals surface area contributed by atoms with Crippen molar-refractivity contribution in [2.75, 3.05) is 6.26 Å². The van der Waals surface area contributed by atoms with Gasteiger partial charge in [0.1, 0.15) is 5.92 Å². The Morgan fingerprint density at radius 3 is 2.54 bits per heavy atom. The number of rotatable bonds is 2. The molecular weight excluding hydrogens is 198 g/mol. The Hall–Kier alpha value is -0.850. The summed E-state index contributed by atoms with van der Waals surface area (Å²) in [5.41, 5.74) is 0.976. The van der Waals surface area contributed by atoms with E-state index >= 15 is 0 Å². The molecule has 0 aliphatic carbocycles. The van der Waals surface area contributed by atoms with Crippen molar-refractivity contribution in [3.8, 4) is 6.07 Å². The fraction of sp³-hybridized carbons (Fsp3) is 0.200. The molecule has 0 heterocycles. The second kappa shape index (κ2) is 5.00. The Bertz CT molecular complexity index is 327. The number of hydrogen-bond donors (Lipinski definition) is 0. The van der Waals surface area contributed by atoms with Crippen molar-refractivity contribution in [3.05, 3.63) is 35.9 Å². The highest BCUT2D eigenvalue weighted by molar-refractivity contribution is 8.22. The van der Waals surface area contributed by atoms with E-state index in [0.29, 0.717) is 0 Å². The molecule has 0 aromatic heterocycles. The molecule has 0 aliphatic heterocycles. The number of hydrogen-bond acceptors (Lipinski definition) is 3. The van der Waals surface area contributed by atoms with E-state index < -0.39 is 0 Å². The van der Waals surface area contributed by atoms with Crippen molar-refractivity contribution in [1.29, 1.82) is 5.26 Å². The summed E-state index contributed by atoms with van der Waals surface area (Å²) in [5, 5.41) is 8.93. The predicted molar refractivity (Wildman–Crippen MR) is 60.9 cm³/mol. The molecule has 0 saturated heterocycles. The Labute approximate surface area is 87.8 Å². The Morgan fingerprint density at radius 1 is 1.46 bits per heavy atom. The zero-order valence-corrected chi connectivity index (χ0v) is 8.86. The van der Waals surface area contributed by atoms with E-state index in [1.165, 1.54) is 11.8 Å². The second-order valence-electron chi connectivity index (χ2n) is 2.50. The predicted octanol–water partition coefficient (Wildman–Crippen LogP) is 2.98. The molecule has 0 N–H and O–H groups in total. The third-order valence-corrected chi connectivity index (χ3v) is 3.07. The maximum Gasteiger partial charge on any atom is 0.112 e. The van der Waals surface area contributed by atoms with Gasteiger partial charge in [-0.05, 0) is 11.8 Å². The second-order valence-corrected chi connectivity index (χ2v) is 4.04. The summed E-state index contributed by atoms with van der Waals surface area (Å²) < 4.78 is 0.730. The zero-order valence-electron chi connectivity index (χ0n) is 7.23. The first-order chi connectivity index (χ1) is 6.29. The molecular formula is C10H9NS2. The van der Waals surface area contributed by atoms with Gasteiger partial charge in [0.15, 0.2) is 0 Å². The van der Waals surface area contributed by atoms with E-state index in [-0.39, 0.29) is 5.92 Å². The lowest BCUT2D eigenvalue weighted by atomic mass is 10.0. The van der Waals surface area contributed by atoms with E-state index in [1.807, 2.05) is 36.6 Å². The maximum absolute atomic E-state index is 8.93. The van der Waals surface area contributed by atoms with Gasteiger partial charge in [-0.2, -0.15) is 5.26 Å². The molecule has 0 bridgehead atoms. The average Bonchev–Trinajstić information content (AvgIpc) is 2.20. The first kappa shape index (κ1) is 10.2. The third-order valence-electron chi connectivity index (χ3n) is 1.70. The summed E-state index contributed by atoms with van der Waals surface area (Å²) in [6.45, 7) is 0. The average molecular weight is 207 g/mol. The fourth-order valence-corrected chi connectivity index (χ4v) is 1.64. The van der Waals surface area contributed by atoms with Gasteiger partial charge in [-0.3, -0.25) is 0 Å². The van der Waals surface area contributed by atoms with Crippen molar-refractivity contribution < 1.29 is 0 Å². The van der Waals surface area contributed by atoms with Crippen molar-refractivity contribution >= 4 is 28.2 Å². The highest BCUT2D eigenvalue weighted by Gasteiger charge is 2.14. The van der Waals surface area contributed by atoms with Gasteiger partial charge in [0.2, 0.25) is 0 Å². The number of benzene rings is 1. The van der Waals surface area contributed by atoms with Crippen LogP contribution in [-0.2, 0) is 0 Å². The molecule has 66 valence electrons. The highest BCUT2D eigenvalue weighted by Crippen LogP contribution is 2.21. The molecule has 1 nitrogen and oxygen atoms in total. The van der Waals surface area contributed by atoms with Gasteiger partial charge in [-0.1, -0.05) is 42.5 Å². The summed E-state index contributed by atoms with van der Waals surface area (Å²) in [6.07, 6.45) is 1.90. The van der Waals surface area contributed by atoms with Gasteiger partial charge < -0.3 is 0 Å². The van der Waals surface area contributed by atoms with Crippen LogP contribution in [0, 0.1) is 11.3 Å². The molecule has 0 spiro atoms. The summed E-state index contributed by atoms with van der Waals surface area (Å²) in [6, 6.07) is 11.8. The zero-order chi connectivity index (χ0) is 9.68. The molecule has 3 heteroatoms. The molecule has 0 fully saturated rings. The molecule has 1 rings (SSSR count). The van der Waals surface area contributed by atoms with Crippen LogP contribution < -0.4 is 0 Å². The van der Waals surface area contributed by atoms with Gasteiger partial charge >= 0.3 is 0 Å². The lowest BCUT2D eigenvalue weighted by Crippen LogP contribution is -2.03. The molecule has 1 unspecified atom stereocenters. The Morgan fingerprint density at radius 2 is 2.08 bits per heavy atom. The molecule has 0 aliphatic rings. The quantitative estimate of drug-likeness (QED) is 0.697. The summed E-state index contributed by atoms with van der Waals surface area (Å²) in [4.78, 5) is 0. The number of thiocarbonyl (C=S) groups is 1. The van der Waals surface area contributed by atoms with Gasteiger partial charge in [-0.25, -0.2) is 0 Å². The van der Waals surface area contributed by atoms with Gasteiger partial charge in [0.25, 0.3) is 0 Å². The summed E-state index contributed by atoms with van der Waals surface area (Å²) >= 11 is 6.56. The minimum atomic E-state index is -0.258. The van der Waals surface area contributed by atoms with E-state index in [2.05, 4.69) is 6.07 Å². The smallest absolute Gasteiger partial charge is 0.112 e. The van der Waals surface area contributed by atoms with Crippen LogP contribution in [0.4, 0.5) is 0 Å². The summed E-state index contributed by atoms with van der Waals surface area (Å²) in [5.74, 6) is -0.258. The van der Waals surface area contributed by atoms with Gasteiger partial charge in [0, 0.05) is 0 Å². The van der Waals surface area contributed by atoms with E-state index in [0.717, 1.165) is 9.76 Å². The minimum absolute atomic E-state index is 0.258. The molecule has 1 aromatic carbocycles. The normalized spacial score (nSPS) is 11.7. The van der Waals surface area contributed by atoms with Crippen molar-refractivity contribution in [2.24, 2.45) is 0 Å². The lowest BCUT2D eigenvalue weighted by molar-refractivity contribution is 1.18.